The van der Waals surface area contributed by atoms with E-state index in [9.17, 15) is 4.79 Å². The number of methoxy groups -OCH3 is 1. The van der Waals surface area contributed by atoms with Gasteiger partial charge in [0.1, 0.15) is 0 Å². The number of hydrogen-bond acceptors (Lipinski definition) is 3. The molecule has 0 atom stereocenters. The fourth-order valence-electron chi connectivity index (χ4n) is 1.72. The second-order valence-electron chi connectivity index (χ2n) is 4.14. The van der Waals surface area contributed by atoms with Crippen LogP contribution in [-0.4, -0.2) is 47.9 Å². The van der Waals surface area contributed by atoms with Gasteiger partial charge in [0.2, 0.25) is 0 Å². The largest absolute Gasteiger partial charge is 0.383 e. The number of carbonyl (C=O) groups is 1. The van der Waals surface area contributed by atoms with E-state index in [4.69, 9.17) is 4.74 Å². The molecule has 1 heterocycles. The lowest BCUT2D eigenvalue weighted by atomic mass is 10.2. The van der Waals surface area contributed by atoms with Crippen LogP contribution in [0.5, 0.6) is 0 Å². The number of nitrogens with zero attached hydrogens (tertiary/aromatic N) is 2. The second kappa shape index (κ2) is 7.00. The van der Waals surface area contributed by atoms with Crippen molar-refractivity contribution < 1.29 is 9.53 Å². The van der Waals surface area contributed by atoms with Gasteiger partial charge in [0.15, 0.2) is 0 Å². The molecule has 0 fully saturated rings. The number of nitrogens with one attached hydrogen (secondary N) is 2. The molecule has 0 aromatic carbocycles. The Bertz CT molecular complexity index is 370. The summed E-state index contributed by atoms with van der Waals surface area (Å²) in [5, 5.41) is 9.90. The summed E-state index contributed by atoms with van der Waals surface area (Å²) >= 11 is 0. The van der Waals surface area contributed by atoms with Gasteiger partial charge in [0, 0.05) is 38.0 Å². The lowest BCUT2D eigenvalue weighted by Crippen LogP contribution is -2.41. The van der Waals surface area contributed by atoms with Crippen LogP contribution >= 0.6 is 0 Å². The highest BCUT2D eigenvalue weighted by molar-refractivity contribution is 5.74. The maximum Gasteiger partial charge on any atom is 0.317 e. The van der Waals surface area contributed by atoms with Crippen molar-refractivity contribution in [2.75, 3.05) is 26.8 Å². The fraction of sp³-hybridized carbons (Fsp3) is 0.667. The van der Waals surface area contributed by atoms with Gasteiger partial charge in [-0.3, -0.25) is 5.10 Å². The normalized spacial score (nSPS) is 10.4. The van der Waals surface area contributed by atoms with Crippen LogP contribution in [0, 0.1) is 13.8 Å². The molecule has 102 valence electrons. The monoisotopic (exact) mass is 254 g/mol. The highest BCUT2D eigenvalue weighted by Gasteiger charge is 2.12. The molecule has 0 saturated carbocycles. The molecule has 0 aliphatic carbocycles. The number of carbonyl (C=O) groups excluding carboxylic acids is 1. The third kappa shape index (κ3) is 3.73. The zero-order valence-corrected chi connectivity index (χ0v) is 11.5. The van der Waals surface area contributed by atoms with E-state index in [1.807, 2.05) is 20.8 Å². The molecule has 1 aromatic heterocycles. The quantitative estimate of drug-likeness (QED) is 0.801. The maximum absolute atomic E-state index is 11.9. The van der Waals surface area contributed by atoms with Gasteiger partial charge < -0.3 is 15.0 Å². The van der Waals surface area contributed by atoms with Gasteiger partial charge in [-0.05, 0) is 20.8 Å². The van der Waals surface area contributed by atoms with E-state index in [1.54, 1.807) is 12.0 Å². The topological polar surface area (TPSA) is 70.2 Å². The molecule has 0 aliphatic rings. The molecule has 0 bridgehead atoms. The summed E-state index contributed by atoms with van der Waals surface area (Å²) in [5.41, 5.74) is 2.96. The van der Waals surface area contributed by atoms with Crippen molar-refractivity contribution in [3.63, 3.8) is 0 Å². The number of aryl methyl sites for hydroxylation is 2. The summed E-state index contributed by atoms with van der Waals surface area (Å²) in [6, 6.07) is -0.0745. The minimum atomic E-state index is -0.0745. The minimum absolute atomic E-state index is 0.0745. The van der Waals surface area contributed by atoms with Crippen LogP contribution in [0.2, 0.25) is 0 Å². The Balaban J connectivity index is 2.49. The van der Waals surface area contributed by atoms with Crippen molar-refractivity contribution in [1.82, 2.24) is 20.4 Å². The summed E-state index contributed by atoms with van der Waals surface area (Å²) in [6.07, 6.45) is 0. The average molecular weight is 254 g/mol. The zero-order chi connectivity index (χ0) is 13.5. The first-order valence-electron chi connectivity index (χ1n) is 6.12. The van der Waals surface area contributed by atoms with Crippen LogP contribution in [-0.2, 0) is 11.3 Å². The van der Waals surface area contributed by atoms with Crippen molar-refractivity contribution >= 4 is 6.03 Å². The number of aromatic nitrogens is 2. The number of aromatic amines is 1. The number of H-pyrrole nitrogens is 1. The molecule has 0 unspecified atom stereocenters. The summed E-state index contributed by atoms with van der Waals surface area (Å²) < 4.78 is 4.98. The summed E-state index contributed by atoms with van der Waals surface area (Å²) in [7, 11) is 1.63. The van der Waals surface area contributed by atoms with Crippen LogP contribution in [0.25, 0.3) is 0 Å². The highest BCUT2D eigenvalue weighted by atomic mass is 16.5. The van der Waals surface area contributed by atoms with Crippen LogP contribution in [0.3, 0.4) is 0 Å². The van der Waals surface area contributed by atoms with Gasteiger partial charge in [0.25, 0.3) is 0 Å². The fourth-order valence-corrected chi connectivity index (χ4v) is 1.72. The molecule has 18 heavy (non-hydrogen) atoms. The van der Waals surface area contributed by atoms with Crippen molar-refractivity contribution in [3.05, 3.63) is 17.0 Å². The Morgan fingerprint density at radius 1 is 1.50 bits per heavy atom. The Kier molecular flexibility index (Phi) is 5.64. The number of likely N-dealkylation sites (N-methyl/N-ethyl adjacent to an activating group) is 1. The number of rotatable bonds is 6. The Morgan fingerprint density at radius 3 is 2.72 bits per heavy atom. The maximum atomic E-state index is 11.9. The van der Waals surface area contributed by atoms with E-state index < -0.39 is 0 Å². The third-order valence-electron chi connectivity index (χ3n) is 2.93. The van der Waals surface area contributed by atoms with E-state index >= 15 is 0 Å². The van der Waals surface area contributed by atoms with Crippen LogP contribution in [0.15, 0.2) is 0 Å². The van der Waals surface area contributed by atoms with Crippen LogP contribution < -0.4 is 5.32 Å². The minimum Gasteiger partial charge on any atom is -0.383 e. The summed E-state index contributed by atoms with van der Waals surface area (Å²) in [5.74, 6) is 0. The number of urea groups is 1. The van der Waals surface area contributed by atoms with Gasteiger partial charge in [-0.1, -0.05) is 0 Å². The molecule has 6 nitrogen and oxygen atoms in total. The SMILES string of the molecule is CCN(CCOC)C(=O)NCc1c(C)n[nH]c1C. The van der Waals surface area contributed by atoms with E-state index in [1.165, 1.54) is 0 Å². The molecular weight excluding hydrogens is 232 g/mol. The van der Waals surface area contributed by atoms with Crippen molar-refractivity contribution in [2.24, 2.45) is 0 Å². The van der Waals surface area contributed by atoms with Gasteiger partial charge in [-0.25, -0.2) is 4.79 Å². The molecule has 1 rings (SSSR count). The van der Waals surface area contributed by atoms with Crippen LogP contribution in [0.1, 0.15) is 23.9 Å². The first kappa shape index (κ1) is 14.5. The predicted molar refractivity (Wildman–Crippen MR) is 69.4 cm³/mol. The van der Waals surface area contributed by atoms with E-state index in [0.29, 0.717) is 26.2 Å². The van der Waals surface area contributed by atoms with Gasteiger partial charge in [-0.15, -0.1) is 0 Å². The number of hydrogen-bond donors (Lipinski definition) is 2. The van der Waals surface area contributed by atoms with E-state index in [-0.39, 0.29) is 6.03 Å². The van der Waals surface area contributed by atoms with Gasteiger partial charge in [-0.2, -0.15) is 5.10 Å². The predicted octanol–water partition coefficient (Wildman–Crippen LogP) is 1.20. The molecule has 2 amide bonds. The van der Waals surface area contributed by atoms with Crippen molar-refractivity contribution in [1.29, 1.82) is 0 Å². The molecule has 0 spiro atoms. The van der Waals surface area contributed by atoms with Crippen molar-refractivity contribution in [2.45, 2.75) is 27.3 Å². The molecule has 0 saturated heterocycles. The van der Waals surface area contributed by atoms with Crippen LogP contribution in [0.4, 0.5) is 4.79 Å². The van der Waals surface area contributed by atoms with Gasteiger partial charge in [0.05, 0.1) is 12.3 Å². The molecular formula is C12H22N4O2. The molecule has 2 N–H and O–H groups in total. The number of amides is 2. The number of ether oxygens (including phenoxy) is 1. The first-order valence-corrected chi connectivity index (χ1v) is 6.12. The first-order chi connectivity index (χ1) is 8.60. The molecule has 0 radical (unpaired) electrons. The lowest BCUT2D eigenvalue weighted by Gasteiger charge is -2.20. The Morgan fingerprint density at radius 2 is 2.22 bits per heavy atom. The van der Waals surface area contributed by atoms with Crippen molar-refractivity contribution in [3.8, 4) is 0 Å². The lowest BCUT2D eigenvalue weighted by molar-refractivity contribution is 0.151. The average Bonchev–Trinajstić information content (AvgIpc) is 2.67. The molecule has 0 aliphatic heterocycles. The van der Waals surface area contributed by atoms with E-state index in [0.717, 1.165) is 17.0 Å². The molecule has 1 aromatic rings. The van der Waals surface area contributed by atoms with Gasteiger partial charge >= 0.3 is 6.03 Å². The third-order valence-corrected chi connectivity index (χ3v) is 2.93. The van der Waals surface area contributed by atoms with E-state index in [2.05, 4.69) is 15.5 Å². The second-order valence-corrected chi connectivity index (χ2v) is 4.14. The summed E-state index contributed by atoms with van der Waals surface area (Å²) in [6.45, 7) is 8.13. The summed E-state index contributed by atoms with van der Waals surface area (Å²) in [4.78, 5) is 13.6. The Labute approximate surface area is 108 Å². The smallest absolute Gasteiger partial charge is 0.317 e. The molecule has 6 heteroatoms. The zero-order valence-electron chi connectivity index (χ0n) is 11.5. The highest BCUT2D eigenvalue weighted by Crippen LogP contribution is 2.08. The Hall–Kier alpha value is -1.56. The standard InChI is InChI=1S/C12H22N4O2/c1-5-16(6-7-18-4)12(17)13-8-11-9(2)14-15-10(11)3/h5-8H2,1-4H3,(H,13,17)(H,14,15).